The van der Waals surface area contributed by atoms with Crippen molar-refractivity contribution in [1.82, 2.24) is 19.5 Å². The molecule has 7 heteroatoms. The molecule has 1 fully saturated rings. The van der Waals surface area contributed by atoms with Gasteiger partial charge in [0.25, 0.3) is 0 Å². The Morgan fingerprint density at radius 2 is 1.92 bits per heavy atom. The maximum Gasteiger partial charge on any atom is 0.140 e. The molecule has 2 N–H and O–H groups in total. The molecule has 0 bridgehead atoms. The highest BCUT2D eigenvalue weighted by Gasteiger charge is 2.37. The van der Waals surface area contributed by atoms with Gasteiger partial charge in [-0.2, -0.15) is 0 Å². The third kappa shape index (κ3) is 2.37. The molecule has 0 unspecified atom stereocenters. The number of aliphatic hydroxyl groups is 1. The quantitative estimate of drug-likeness (QED) is 0.743. The number of anilines is 1. The second kappa shape index (κ2) is 5.45. The number of hydrogen-bond donors (Lipinski definition) is 2. The summed E-state index contributed by atoms with van der Waals surface area (Å²) in [7, 11) is 1.90. The molecular weight excluding hydrogens is 306 g/mol. The molecule has 3 heterocycles. The lowest BCUT2D eigenvalue weighted by Crippen LogP contribution is -2.44. The number of aryl methyl sites for hydroxylation is 1. The van der Waals surface area contributed by atoms with E-state index in [1.54, 1.807) is 24.4 Å². The number of rotatable bonds is 2. The molecule has 2 aromatic heterocycles. The van der Waals surface area contributed by atoms with Crippen molar-refractivity contribution in [2.24, 2.45) is 7.05 Å². The summed E-state index contributed by atoms with van der Waals surface area (Å²) < 4.78 is 1.87. The number of phenolic OH excluding ortho intramolecular Hbond substituents is 1. The molecule has 3 aromatic rings. The summed E-state index contributed by atoms with van der Waals surface area (Å²) in [6.07, 6.45) is 6.24. The summed E-state index contributed by atoms with van der Waals surface area (Å²) in [6.45, 7) is 1.32. The van der Waals surface area contributed by atoms with Gasteiger partial charge in [0.1, 0.15) is 29.3 Å². The Balaban J connectivity index is 1.63. The Hall–Kier alpha value is -2.67. The minimum atomic E-state index is -0.917. The van der Waals surface area contributed by atoms with E-state index >= 15 is 0 Å². The Kier molecular flexibility index (Phi) is 3.38. The maximum absolute atomic E-state index is 11.0. The Morgan fingerprint density at radius 1 is 1.12 bits per heavy atom. The molecule has 1 saturated heterocycles. The Bertz CT molecular complexity index is 884. The van der Waals surface area contributed by atoms with Gasteiger partial charge in [0.2, 0.25) is 0 Å². The largest absolute Gasteiger partial charge is 0.508 e. The summed E-state index contributed by atoms with van der Waals surface area (Å²) in [6, 6.07) is 5.09. The minimum absolute atomic E-state index is 0.195. The lowest BCUT2D eigenvalue weighted by atomic mass is 9.90. The van der Waals surface area contributed by atoms with E-state index in [2.05, 4.69) is 19.9 Å². The van der Waals surface area contributed by atoms with Gasteiger partial charge in [0.05, 0.1) is 5.52 Å². The minimum Gasteiger partial charge on any atom is -0.508 e. The van der Waals surface area contributed by atoms with Crippen molar-refractivity contribution in [3.05, 3.63) is 42.7 Å². The molecule has 0 atom stereocenters. The van der Waals surface area contributed by atoms with Gasteiger partial charge in [-0.15, -0.1) is 0 Å². The van der Waals surface area contributed by atoms with E-state index in [0.29, 0.717) is 31.8 Å². The normalized spacial score (nSPS) is 17.3. The summed E-state index contributed by atoms with van der Waals surface area (Å²) in [5.41, 5.74) is -0.123. The van der Waals surface area contributed by atoms with Crippen LogP contribution in [0.15, 0.2) is 36.9 Å². The topological polar surface area (TPSA) is 87.3 Å². The molecule has 0 saturated carbocycles. The third-order valence-electron chi connectivity index (χ3n) is 4.73. The van der Waals surface area contributed by atoms with Gasteiger partial charge in [-0.1, -0.05) is 0 Å². The molecule has 1 aliphatic rings. The molecule has 0 aliphatic carbocycles. The zero-order valence-electron chi connectivity index (χ0n) is 13.4. The van der Waals surface area contributed by atoms with E-state index in [1.165, 1.54) is 6.33 Å². The zero-order chi connectivity index (χ0) is 16.7. The molecule has 1 aliphatic heterocycles. The van der Waals surface area contributed by atoms with Crippen LogP contribution >= 0.6 is 0 Å². The first-order valence-electron chi connectivity index (χ1n) is 7.96. The van der Waals surface area contributed by atoms with Crippen LogP contribution in [-0.4, -0.2) is 42.8 Å². The van der Waals surface area contributed by atoms with Gasteiger partial charge in [-0.05, 0) is 18.2 Å². The molecule has 0 radical (unpaired) electrons. The number of aromatic hydroxyl groups is 1. The van der Waals surface area contributed by atoms with Crippen LogP contribution in [0.2, 0.25) is 0 Å². The fourth-order valence-corrected chi connectivity index (χ4v) is 3.41. The van der Waals surface area contributed by atoms with Crippen molar-refractivity contribution in [1.29, 1.82) is 0 Å². The van der Waals surface area contributed by atoms with Crippen molar-refractivity contribution >= 4 is 16.7 Å². The molecule has 4 rings (SSSR count). The summed E-state index contributed by atoms with van der Waals surface area (Å²) >= 11 is 0. The highest BCUT2D eigenvalue weighted by atomic mass is 16.3. The van der Waals surface area contributed by atoms with Crippen LogP contribution in [0.4, 0.5) is 5.82 Å². The second-order valence-electron chi connectivity index (χ2n) is 6.28. The van der Waals surface area contributed by atoms with Gasteiger partial charge in [-0.25, -0.2) is 15.0 Å². The van der Waals surface area contributed by atoms with Crippen LogP contribution in [0.5, 0.6) is 5.75 Å². The fraction of sp³-hybridized carbons (Fsp3) is 0.353. The van der Waals surface area contributed by atoms with Crippen molar-refractivity contribution in [3.63, 3.8) is 0 Å². The molecule has 24 heavy (non-hydrogen) atoms. The van der Waals surface area contributed by atoms with E-state index in [4.69, 9.17) is 0 Å². The van der Waals surface area contributed by atoms with Crippen LogP contribution in [0, 0.1) is 0 Å². The van der Waals surface area contributed by atoms with Crippen LogP contribution < -0.4 is 4.90 Å². The van der Waals surface area contributed by atoms with Crippen LogP contribution in [-0.2, 0) is 12.6 Å². The van der Waals surface area contributed by atoms with Crippen molar-refractivity contribution in [2.45, 2.75) is 18.4 Å². The SMILES string of the molecule is Cn1ccnc1C1(O)CCN(c2ncnc3ccc(O)cc23)CC1. The van der Waals surface area contributed by atoms with E-state index < -0.39 is 5.60 Å². The van der Waals surface area contributed by atoms with Crippen molar-refractivity contribution in [3.8, 4) is 5.75 Å². The van der Waals surface area contributed by atoms with Gasteiger partial charge in [0.15, 0.2) is 0 Å². The summed E-state index contributed by atoms with van der Waals surface area (Å²) in [5.74, 6) is 1.69. The van der Waals surface area contributed by atoms with E-state index in [0.717, 1.165) is 16.7 Å². The number of piperidine rings is 1. The van der Waals surface area contributed by atoms with E-state index in [1.807, 2.05) is 17.8 Å². The van der Waals surface area contributed by atoms with Crippen molar-refractivity contribution < 1.29 is 10.2 Å². The Morgan fingerprint density at radius 3 is 2.62 bits per heavy atom. The van der Waals surface area contributed by atoms with Crippen LogP contribution in [0.25, 0.3) is 10.9 Å². The molecule has 1 aromatic carbocycles. The average molecular weight is 325 g/mol. The number of imidazole rings is 1. The van der Waals surface area contributed by atoms with Crippen LogP contribution in [0.1, 0.15) is 18.7 Å². The second-order valence-corrected chi connectivity index (χ2v) is 6.28. The number of hydrogen-bond acceptors (Lipinski definition) is 6. The Labute approximate surface area is 139 Å². The number of phenols is 1. The molecular formula is C17H19N5O2. The monoisotopic (exact) mass is 325 g/mol. The molecule has 0 amide bonds. The first-order chi connectivity index (χ1) is 11.6. The van der Waals surface area contributed by atoms with E-state index in [-0.39, 0.29) is 5.75 Å². The highest BCUT2D eigenvalue weighted by Crippen LogP contribution is 2.35. The number of nitrogens with zero attached hydrogens (tertiary/aromatic N) is 5. The number of benzene rings is 1. The standard InChI is InChI=1S/C17H19N5O2/c1-21-9-6-18-16(21)17(24)4-7-22(8-5-17)15-13-10-12(23)2-3-14(13)19-11-20-15/h2-3,6,9-11,23-24H,4-5,7-8H2,1H3. The van der Waals surface area contributed by atoms with Gasteiger partial charge in [-0.3, -0.25) is 0 Å². The lowest BCUT2D eigenvalue weighted by molar-refractivity contribution is 0.000710. The first kappa shape index (κ1) is 14.9. The van der Waals surface area contributed by atoms with Gasteiger partial charge < -0.3 is 19.7 Å². The number of aromatic nitrogens is 4. The third-order valence-corrected chi connectivity index (χ3v) is 4.73. The van der Waals surface area contributed by atoms with Crippen LogP contribution in [0.3, 0.4) is 0 Å². The highest BCUT2D eigenvalue weighted by molar-refractivity contribution is 5.90. The van der Waals surface area contributed by atoms with E-state index in [9.17, 15) is 10.2 Å². The maximum atomic E-state index is 11.0. The smallest absolute Gasteiger partial charge is 0.140 e. The summed E-state index contributed by atoms with van der Waals surface area (Å²) in [4.78, 5) is 15.1. The summed E-state index contributed by atoms with van der Waals surface area (Å²) in [5, 5.41) is 21.5. The van der Waals surface area contributed by atoms with Crippen molar-refractivity contribution in [2.75, 3.05) is 18.0 Å². The predicted octanol–water partition coefficient (Wildman–Crippen LogP) is 1.56. The average Bonchev–Trinajstić information content (AvgIpc) is 3.02. The zero-order valence-corrected chi connectivity index (χ0v) is 13.4. The first-order valence-corrected chi connectivity index (χ1v) is 7.96. The molecule has 124 valence electrons. The predicted molar refractivity (Wildman–Crippen MR) is 89.8 cm³/mol. The number of fused-ring (bicyclic) bond motifs is 1. The molecule has 7 nitrogen and oxygen atoms in total. The van der Waals surface area contributed by atoms with Gasteiger partial charge >= 0.3 is 0 Å². The lowest BCUT2D eigenvalue weighted by Gasteiger charge is -2.38. The molecule has 0 spiro atoms. The van der Waals surface area contributed by atoms with Gasteiger partial charge in [0, 0.05) is 50.8 Å². The fourth-order valence-electron chi connectivity index (χ4n) is 3.41.